The number of aromatic nitrogens is 1. The molecule has 0 aliphatic heterocycles. The average molecular weight is 491 g/mol. The van der Waals surface area contributed by atoms with Crippen molar-refractivity contribution in [1.29, 1.82) is 0 Å². The molecule has 0 saturated heterocycles. The molecule has 0 amide bonds. The van der Waals surface area contributed by atoms with Crippen LogP contribution in [0.5, 0.6) is 0 Å². The van der Waals surface area contributed by atoms with Gasteiger partial charge in [-0.1, -0.05) is 66.2 Å². The minimum absolute atomic E-state index is 0.101. The summed E-state index contributed by atoms with van der Waals surface area (Å²) in [6, 6.07) is 30.9. The molecular formula is C27H23ClN2O3S. The second-order valence-corrected chi connectivity index (χ2v) is 10.4. The number of halogens is 1. The molecule has 5 aromatic rings. The quantitative estimate of drug-likeness (QED) is 0.318. The van der Waals surface area contributed by atoms with Crippen LogP contribution in [0.3, 0.4) is 0 Å². The minimum Gasteiger partial charge on any atom is -0.389 e. The third kappa shape index (κ3) is 4.16. The van der Waals surface area contributed by atoms with Gasteiger partial charge in [-0.3, -0.25) is 4.31 Å². The summed E-state index contributed by atoms with van der Waals surface area (Å²) >= 11 is 5.97. The molecule has 0 radical (unpaired) electrons. The Morgan fingerprint density at radius 2 is 1.29 bits per heavy atom. The smallest absolute Gasteiger partial charge is 0.264 e. The van der Waals surface area contributed by atoms with Gasteiger partial charge >= 0.3 is 0 Å². The van der Waals surface area contributed by atoms with Crippen LogP contribution in [0.25, 0.3) is 21.8 Å². The highest BCUT2D eigenvalue weighted by Gasteiger charge is 2.27. The number of nitrogens with zero attached hydrogens (tertiary/aromatic N) is 2. The molecule has 1 atom stereocenters. The molecule has 172 valence electrons. The first-order chi connectivity index (χ1) is 16.4. The van der Waals surface area contributed by atoms with Crippen LogP contribution in [0.1, 0.15) is 0 Å². The van der Waals surface area contributed by atoms with E-state index in [1.165, 1.54) is 16.4 Å². The fourth-order valence-electron chi connectivity index (χ4n) is 4.33. The number of rotatable bonds is 7. The third-order valence-electron chi connectivity index (χ3n) is 5.90. The molecule has 5 nitrogen and oxygen atoms in total. The lowest BCUT2D eigenvalue weighted by atomic mass is 10.2. The Kier molecular flexibility index (Phi) is 6.04. The maximum absolute atomic E-state index is 13.6. The van der Waals surface area contributed by atoms with Gasteiger partial charge in [0.1, 0.15) is 0 Å². The zero-order valence-electron chi connectivity index (χ0n) is 18.3. The summed E-state index contributed by atoms with van der Waals surface area (Å²) in [5.41, 5.74) is 2.47. The first-order valence-corrected chi connectivity index (χ1v) is 12.7. The summed E-state index contributed by atoms with van der Waals surface area (Å²) in [5.74, 6) is 0. The summed E-state index contributed by atoms with van der Waals surface area (Å²) in [4.78, 5) is 0.116. The number of sulfonamides is 1. The van der Waals surface area contributed by atoms with Gasteiger partial charge in [0.2, 0.25) is 0 Å². The van der Waals surface area contributed by atoms with E-state index in [0.717, 1.165) is 21.8 Å². The Hall–Kier alpha value is -3.32. The lowest BCUT2D eigenvalue weighted by Gasteiger charge is -2.27. The normalized spacial score (nSPS) is 12.8. The van der Waals surface area contributed by atoms with Crippen LogP contribution in [0.4, 0.5) is 5.69 Å². The first kappa shape index (κ1) is 22.5. The fraction of sp³-hybridized carbons (Fsp3) is 0.111. The van der Waals surface area contributed by atoms with Crippen LogP contribution < -0.4 is 4.31 Å². The van der Waals surface area contributed by atoms with Gasteiger partial charge in [-0.05, 0) is 48.5 Å². The van der Waals surface area contributed by atoms with Crippen LogP contribution >= 0.6 is 11.6 Å². The van der Waals surface area contributed by atoms with Crippen molar-refractivity contribution in [2.24, 2.45) is 0 Å². The van der Waals surface area contributed by atoms with Gasteiger partial charge in [0.15, 0.2) is 0 Å². The lowest BCUT2D eigenvalue weighted by molar-refractivity contribution is 0.166. The second-order valence-electron chi connectivity index (χ2n) is 8.12. The average Bonchev–Trinajstić information content (AvgIpc) is 3.17. The van der Waals surface area contributed by atoms with Crippen molar-refractivity contribution in [2.45, 2.75) is 17.5 Å². The van der Waals surface area contributed by atoms with Crippen LogP contribution in [0.2, 0.25) is 5.02 Å². The van der Waals surface area contributed by atoms with Crippen molar-refractivity contribution < 1.29 is 13.5 Å². The molecule has 0 unspecified atom stereocenters. The van der Waals surface area contributed by atoms with Gasteiger partial charge in [-0.2, -0.15) is 0 Å². The van der Waals surface area contributed by atoms with Crippen molar-refractivity contribution in [3.8, 4) is 0 Å². The summed E-state index contributed by atoms with van der Waals surface area (Å²) in [5, 5.41) is 13.8. The first-order valence-electron chi connectivity index (χ1n) is 10.9. The van der Waals surface area contributed by atoms with Crippen molar-refractivity contribution in [3.05, 3.63) is 108 Å². The van der Waals surface area contributed by atoms with E-state index in [4.69, 9.17) is 11.6 Å². The van der Waals surface area contributed by atoms with E-state index in [2.05, 4.69) is 12.1 Å². The Bertz CT molecular complexity index is 1490. The van der Waals surface area contributed by atoms with E-state index in [0.29, 0.717) is 10.7 Å². The van der Waals surface area contributed by atoms with Crippen LogP contribution in [-0.4, -0.2) is 30.7 Å². The molecular weight excluding hydrogens is 468 g/mol. The highest BCUT2D eigenvalue weighted by Crippen LogP contribution is 2.30. The van der Waals surface area contributed by atoms with Gasteiger partial charge in [-0.15, -0.1) is 0 Å². The van der Waals surface area contributed by atoms with Gasteiger partial charge in [0, 0.05) is 26.8 Å². The number of para-hydroxylation sites is 3. The molecule has 0 aliphatic carbocycles. The Morgan fingerprint density at radius 3 is 1.88 bits per heavy atom. The molecule has 0 spiro atoms. The molecule has 1 N–H and O–H groups in total. The second kappa shape index (κ2) is 9.14. The molecule has 0 bridgehead atoms. The summed E-state index contributed by atoms with van der Waals surface area (Å²) in [7, 11) is -3.92. The fourth-order valence-corrected chi connectivity index (χ4v) is 5.96. The van der Waals surface area contributed by atoms with E-state index >= 15 is 0 Å². The zero-order valence-corrected chi connectivity index (χ0v) is 19.8. The van der Waals surface area contributed by atoms with Crippen molar-refractivity contribution in [3.63, 3.8) is 0 Å². The molecule has 4 aromatic carbocycles. The van der Waals surface area contributed by atoms with Gasteiger partial charge in [0.05, 0.1) is 29.8 Å². The van der Waals surface area contributed by atoms with E-state index in [1.54, 1.807) is 36.4 Å². The number of hydrogen-bond donors (Lipinski definition) is 1. The number of anilines is 1. The molecule has 5 rings (SSSR count). The summed E-state index contributed by atoms with van der Waals surface area (Å²) in [6.45, 7) is 0.142. The number of fused-ring (bicyclic) bond motifs is 3. The van der Waals surface area contributed by atoms with Gasteiger partial charge in [-0.25, -0.2) is 8.42 Å². The largest absolute Gasteiger partial charge is 0.389 e. The van der Waals surface area contributed by atoms with Crippen LogP contribution in [0, 0.1) is 0 Å². The van der Waals surface area contributed by atoms with E-state index in [9.17, 15) is 13.5 Å². The molecule has 1 aromatic heterocycles. The monoisotopic (exact) mass is 490 g/mol. The highest BCUT2D eigenvalue weighted by molar-refractivity contribution is 7.92. The predicted octanol–water partition coefficient (Wildman–Crippen LogP) is 5.70. The standard InChI is InChI=1S/C27H23ClN2O3S/c28-20-14-16-23(17-15-20)34(32,33)30(21-8-2-1-3-9-21)19-22(31)18-29-26-12-6-4-10-24(26)25-11-5-7-13-27(25)29/h1-17,22,31H,18-19H2/t22-/m0/s1. The molecule has 34 heavy (non-hydrogen) atoms. The third-order valence-corrected chi connectivity index (χ3v) is 7.96. The number of hydrogen-bond acceptors (Lipinski definition) is 3. The molecule has 0 saturated carbocycles. The lowest BCUT2D eigenvalue weighted by Crippen LogP contribution is -2.39. The predicted molar refractivity (Wildman–Crippen MR) is 138 cm³/mol. The van der Waals surface area contributed by atoms with Crippen LogP contribution in [-0.2, 0) is 16.6 Å². The van der Waals surface area contributed by atoms with E-state index in [-0.39, 0.29) is 18.0 Å². The van der Waals surface area contributed by atoms with Crippen molar-refractivity contribution in [2.75, 3.05) is 10.8 Å². The summed E-state index contributed by atoms with van der Waals surface area (Å²) in [6.07, 6.45) is -0.957. The minimum atomic E-state index is -3.92. The SMILES string of the molecule is O=S(=O)(c1ccc(Cl)cc1)N(C[C@@H](O)Cn1c2ccccc2c2ccccc21)c1ccccc1. The van der Waals surface area contributed by atoms with Crippen LogP contribution in [0.15, 0.2) is 108 Å². The molecule has 1 heterocycles. The zero-order chi connectivity index (χ0) is 23.7. The maximum atomic E-state index is 13.6. The number of aliphatic hydroxyl groups is 1. The Labute approximate surface area is 203 Å². The maximum Gasteiger partial charge on any atom is 0.264 e. The van der Waals surface area contributed by atoms with Crippen molar-refractivity contribution >= 4 is 49.1 Å². The Balaban J connectivity index is 1.52. The van der Waals surface area contributed by atoms with Gasteiger partial charge < -0.3 is 9.67 Å². The molecule has 0 aliphatic rings. The van der Waals surface area contributed by atoms with Crippen molar-refractivity contribution in [1.82, 2.24) is 4.57 Å². The van der Waals surface area contributed by atoms with E-state index in [1.807, 2.05) is 47.0 Å². The summed E-state index contributed by atoms with van der Waals surface area (Å²) < 4.78 is 30.5. The van der Waals surface area contributed by atoms with Gasteiger partial charge in [0.25, 0.3) is 10.0 Å². The topological polar surface area (TPSA) is 62.5 Å². The van der Waals surface area contributed by atoms with E-state index < -0.39 is 16.1 Å². The number of benzene rings is 4. The highest BCUT2D eigenvalue weighted by atomic mass is 35.5. The molecule has 7 heteroatoms. The molecule has 0 fully saturated rings. The Morgan fingerprint density at radius 1 is 0.765 bits per heavy atom. The number of aliphatic hydroxyl groups excluding tert-OH is 1.